The Morgan fingerprint density at radius 1 is 1.00 bits per heavy atom. The van der Waals surface area contributed by atoms with E-state index in [0.717, 1.165) is 11.1 Å². The average Bonchev–Trinajstić information content (AvgIpc) is 2.31. The van der Waals surface area contributed by atoms with Gasteiger partial charge >= 0.3 is 0 Å². The van der Waals surface area contributed by atoms with Gasteiger partial charge in [0.2, 0.25) is 0 Å². The highest BCUT2D eigenvalue weighted by atomic mass is 127. The predicted octanol–water partition coefficient (Wildman–Crippen LogP) is 4.36. The molecule has 0 aliphatic carbocycles. The predicted molar refractivity (Wildman–Crippen MR) is 88.3 cm³/mol. The number of rotatable bonds is 3. The van der Waals surface area contributed by atoms with E-state index < -0.39 is 5.60 Å². The number of hydrogen-bond donors (Lipinski definition) is 1. The van der Waals surface area contributed by atoms with Crippen LogP contribution in [0.25, 0.3) is 0 Å². The zero-order chi connectivity index (χ0) is 14.0. The molecule has 19 heavy (non-hydrogen) atoms. The zero-order valence-electron chi connectivity index (χ0n) is 11.6. The quantitative estimate of drug-likeness (QED) is 0.801. The summed E-state index contributed by atoms with van der Waals surface area (Å²) in [4.78, 5) is 0. The van der Waals surface area contributed by atoms with Crippen molar-refractivity contribution in [3.05, 3.63) is 68.3 Å². The van der Waals surface area contributed by atoms with Crippen molar-refractivity contribution in [2.24, 2.45) is 0 Å². The highest BCUT2D eigenvalue weighted by Gasteiger charge is 2.23. The van der Waals surface area contributed by atoms with E-state index in [0.29, 0.717) is 6.42 Å². The molecular formula is C17H19IO. The smallest absolute Gasteiger partial charge is 0.0908 e. The zero-order valence-corrected chi connectivity index (χ0v) is 13.7. The van der Waals surface area contributed by atoms with Gasteiger partial charge in [0.15, 0.2) is 0 Å². The SMILES string of the molecule is Cc1cc(C)cc(C(C)(O)Cc2ccc(I)cc2)c1. The highest BCUT2D eigenvalue weighted by molar-refractivity contribution is 14.1. The lowest BCUT2D eigenvalue weighted by atomic mass is 9.87. The molecule has 0 heterocycles. The van der Waals surface area contributed by atoms with Crippen LogP contribution in [-0.4, -0.2) is 5.11 Å². The van der Waals surface area contributed by atoms with Gasteiger partial charge in [-0.25, -0.2) is 0 Å². The number of benzene rings is 2. The molecule has 1 N–H and O–H groups in total. The van der Waals surface area contributed by atoms with Crippen LogP contribution in [0.5, 0.6) is 0 Å². The molecule has 2 aromatic carbocycles. The maximum absolute atomic E-state index is 10.8. The van der Waals surface area contributed by atoms with Gasteiger partial charge in [0.05, 0.1) is 5.60 Å². The van der Waals surface area contributed by atoms with Crippen molar-refractivity contribution in [1.29, 1.82) is 0 Å². The van der Waals surface area contributed by atoms with Crippen LogP contribution in [0.4, 0.5) is 0 Å². The number of aryl methyl sites for hydroxylation is 2. The summed E-state index contributed by atoms with van der Waals surface area (Å²) in [7, 11) is 0. The van der Waals surface area contributed by atoms with Gasteiger partial charge in [-0.2, -0.15) is 0 Å². The molecular weight excluding hydrogens is 347 g/mol. The van der Waals surface area contributed by atoms with Gasteiger partial charge in [-0.05, 0) is 66.6 Å². The molecule has 0 aliphatic rings. The first-order valence-electron chi connectivity index (χ1n) is 6.42. The Labute approximate surface area is 128 Å². The highest BCUT2D eigenvalue weighted by Crippen LogP contribution is 2.27. The summed E-state index contributed by atoms with van der Waals surface area (Å²) in [6.45, 7) is 6.02. The Morgan fingerprint density at radius 2 is 1.53 bits per heavy atom. The topological polar surface area (TPSA) is 20.2 Å². The number of aliphatic hydroxyl groups is 1. The third kappa shape index (κ3) is 3.80. The van der Waals surface area contributed by atoms with Crippen LogP contribution in [-0.2, 0) is 12.0 Å². The lowest BCUT2D eigenvalue weighted by Crippen LogP contribution is -2.24. The van der Waals surface area contributed by atoms with E-state index in [2.05, 4.69) is 78.9 Å². The maximum Gasteiger partial charge on any atom is 0.0908 e. The summed E-state index contributed by atoms with van der Waals surface area (Å²) in [6.07, 6.45) is 0.632. The molecule has 0 saturated heterocycles. The van der Waals surface area contributed by atoms with Crippen LogP contribution >= 0.6 is 22.6 Å². The van der Waals surface area contributed by atoms with E-state index in [1.165, 1.54) is 14.7 Å². The second-order valence-electron chi connectivity index (χ2n) is 5.45. The molecule has 2 aromatic rings. The van der Waals surface area contributed by atoms with Crippen molar-refractivity contribution in [3.63, 3.8) is 0 Å². The summed E-state index contributed by atoms with van der Waals surface area (Å²) in [5.74, 6) is 0. The van der Waals surface area contributed by atoms with Gasteiger partial charge in [0.1, 0.15) is 0 Å². The van der Waals surface area contributed by atoms with Gasteiger partial charge in [-0.1, -0.05) is 41.5 Å². The summed E-state index contributed by atoms with van der Waals surface area (Å²) < 4.78 is 1.22. The van der Waals surface area contributed by atoms with E-state index in [9.17, 15) is 5.11 Å². The van der Waals surface area contributed by atoms with Crippen LogP contribution in [0.2, 0.25) is 0 Å². The standard InChI is InChI=1S/C17H19IO/c1-12-8-13(2)10-15(9-12)17(3,19)11-14-4-6-16(18)7-5-14/h4-10,19H,11H2,1-3H3. The van der Waals surface area contributed by atoms with Gasteiger partial charge in [0, 0.05) is 9.99 Å². The molecule has 2 heteroatoms. The van der Waals surface area contributed by atoms with Gasteiger partial charge in [-0.15, -0.1) is 0 Å². The maximum atomic E-state index is 10.8. The Kier molecular flexibility index (Phi) is 4.31. The Bertz CT molecular complexity index is 550. The van der Waals surface area contributed by atoms with Gasteiger partial charge in [0.25, 0.3) is 0 Å². The third-order valence-electron chi connectivity index (χ3n) is 3.31. The Hall–Kier alpha value is -0.870. The molecule has 0 bridgehead atoms. The van der Waals surface area contributed by atoms with E-state index in [1.807, 2.05) is 6.92 Å². The number of hydrogen-bond acceptors (Lipinski definition) is 1. The lowest BCUT2D eigenvalue weighted by molar-refractivity contribution is 0.0575. The fourth-order valence-corrected chi connectivity index (χ4v) is 2.75. The van der Waals surface area contributed by atoms with Crippen molar-refractivity contribution in [1.82, 2.24) is 0 Å². The number of halogens is 1. The monoisotopic (exact) mass is 366 g/mol. The molecule has 0 amide bonds. The second kappa shape index (κ2) is 5.63. The van der Waals surface area contributed by atoms with Crippen LogP contribution in [0.3, 0.4) is 0 Å². The second-order valence-corrected chi connectivity index (χ2v) is 6.70. The molecule has 1 atom stereocenters. The van der Waals surface area contributed by atoms with Crippen LogP contribution in [0.15, 0.2) is 42.5 Å². The Morgan fingerprint density at radius 3 is 2.05 bits per heavy atom. The minimum absolute atomic E-state index is 0.632. The molecule has 0 aromatic heterocycles. The van der Waals surface area contributed by atoms with Gasteiger partial charge in [-0.3, -0.25) is 0 Å². The molecule has 0 saturated carbocycles. The first-order chi connectivity index (χ1) is 8.87. The fourth-order valence-electron chi connectivity index (χ4n) is 2.39. The summed E-state index contributed by atoms with van der Waals surface area (Å²) >= 11 is 2.29. The van der Waals surface area contributed by atoms with Crippen LogP contribution < -0.4 is 0 Å². The average molecular weight is 366 g/mol. The van der Waals surface area contributed by atoms with E-state index in [4.69, 9.17) is 0 Å². The molecule has 0 radical (unpaired) electrons. The Balaban J connectivity index is 2.28. The largest absolute Gasteiger partial charge is 0.385 e. The molecule has 0 spiro atoms. The molecule has 1 nitrogen and oxygen atoms in total. The first-order valence-corrected chi connectivity index (χ1v) is 7.50. The molecule has 0 fully saturated rings. The normalized spacial score (nSPS) is 14.2. The third-order valence-corrected chi connectivity index (χ3v) is 4.02. The van der Waals surface area contributed by atoms with Crippen molar-refractivity contribution in [2.75, 3.05) is 0 Å². The van der Waals surface area contributed by atoms with E-state index in [1.54, 1.807) is 0 Å². The minimum atomic E-state index is -0.830. The van der Waals surface area contributed by atoms with Gasteiger partial charge < -0.3 is 5.11 Å². The first kappa shape index (κ1) is 14.5. The molecule has 0 aliphatic heterocycles. The molecule has 1 unspecified atom stereocenters. The summed E-state index contributed by atoms with van der Waals surface area (Å²) in [5.41, 5.74) is 3.70. The van der Waals surface area contributed by atoms with Crippen molar-refractivity contribution in [3.8, 4) is 0 Å². The summed E-state index contributed by atoms with van der Waals surface area (Å²) in [5, 5.41) is 10.8. The molecule has 100 valence electrons. The minimum Gasteiger partial charge on any atom is -0.385 e. The fraction of sp³-hybridized carbons (Fsp3) is 0.294. The van der Waals surface area contributed by atoms with Crippen molar-refractivity contribution in [2.45, 2.75) is 32.8 Å². The van der Waals surface area contributed by atoms with E-state index >= 15 is 0 Å². The van der Waals surface area contributed by atoms with E-state index in [-0.39, 0.29) is 0 Å². The van der Waals surface area contributed by atoms with Crippen molar-refractivity contribution >= 4 is 22.6 Å². The van der Waals surface area contributed by atoms with Crippen molar-refractivity contribution < 1.29 is 5.11 Å². The van der Waals surface area contributed by atoms with Crippen LogP contribution in [0.1, 0.15) is 29.2 Å². The lowest BCUT2D eigenvalue weighted by Gasteiger charge is -2.25. The molecule has 2 rings (SSSR count). The van der Waals surface area contributed by atoms with Crippen LogP contribution in [0, 0.1) is 17.4 Å². The summed E-state index contributed by atoms with van der Waals surface area (Å²) in [6, 6.07) is 14.6.